The van der Waals surface area contributed by atoms with Crippen molar-refractivity contribution in [3.8, 4) is 0 Å². The zero-order valence-corrected chi connectivity index (χ0v) is 9.35. The summed E-state index contributed by atoms with van der Waals surface area (Å²) in [6.07, 6.45) is 3.24. The highest BCUT2D eigenvalue weighted by Gasteiger charge is 2.12. The Balaban J connectivity index is 2.30. The molecule has 0 spiro atoms. The van der Waals surface area contributed by atoms with Gasteiger partial charge in [0.1, 0.15) is 5.69 Å². The van der Waals surface area contributed by atoms with Crippen molar-refractivity contribution in [3.63, 3.8) is 0 Å². The fraction of sp³-hybridized carbons (Fsp3) is 0. The molecular formula is C11H8ClN3O2. The van der Waals surface area contributed by atoms with E-state index in [1.165, 1.54) is 0 Å². The lowest BCUT2D eigenvalue weighted by molar-refractivity contribution is 0.0690. The molecule has 0 bridgehead atoms. The molecule has 2 rings (SSSR count). The molecule has 6 heteroatoms. The summed E-state index contributed by atoms with van der Waals surface area (Å²) < 4.78 is 0. The Labute approximate surface area is 102 Å². The van der Waals surface area contributed by atoms with Crippen molar-refractivity contribution < 1.29 is 9.90 Å². The van der Waals surface area contributed by atoms with Crippen LogP contribution in [0.1, 0.15) is 21.7 Å². The molecule has 0 aliphatic heterocycles. The van der Waals surface area contributed by atoms with E-state index >= 15 is 0 Å². The van der Waals surface area contributed by atoms with Gasteiger partial charge in [-0.05, 0) is 17.7 Å². The summed E-state index contributed by atoms with van der Waals surface area (Å²) in [5.74, 6) is -1.13. The Morgan fingerprint density at radius 2 is 2.06 bits per heavy atom. The highest BCUT2D eigenvalue weighted by molar-refractivity contribution is 6.32. The van der Waals surface area contributed by atoms with Crippen LogP contribution < -0.4 is 0 Å². The van der Waals surface area contributed by atoms with Gasteiger partial charge in [0.15, 0.2) is 5.69 Å². The van der Waals surface area contributed by atoms with Crippen LogP contribution in [0.2, 0.25) is 5.02 Å². The van der Waals surface area contributed by atoms with Crippen molar-refractivity contribution in [1.82, 2.24) is 15.4 Å². The van der Waals surface area contributed by atoms with Crippen LogP contribution >= 0.6 is 11.6 Å². The van der Waals surface area contributed by atoms with Crippen LogP contribution in [0.15, 0.2) is 24.3 Å². The van der Waals surface area contributed by atoms with Crippen LogP contribution in [0, 0.1) is 0 Å². The number of hydrogen-bond acceptors (Lipinski definition) is 3. The molecule has 0 atom stereocenters. The zero-order valence-electron chi connectivity index (χ0n) is 8.59. The first-order chi connectivity index (χ1) is 8.18. The van der Waals surface area contributed by atoms with Crippen LogP contribution in [0.4, 0.5) is 0 Å². The van der Waals surface area contributed by atoms with Crippen LogP contribution in [0.5, 0.6) is 0 Å². The van der Waals surface area contributed by atoms with Gasteiger partial charge >= 0.3 is 5.97 Å². The second-order valence-electron chi connectivity index (χ2n) is 3.22. The third-order valence-corrected chi connectivity index (χ3v) is 2.45. The Bertz CT molecular complexity index is 578. The normalized spacial score (nSPS) is 10.9. The van der Waals surface area contributed by atoms with E-state index < -0.39 is 5.97 Å². The van der Waals surface area contributed by atoms with Crippen LogP contribution in [-0.4, -0.2) is 26.5 Å². The van der Waals surface area contributed by atoms with Crippen molar-refractivity contribution in [1.29, 1.82) is 0 Å². The predicted molar refractivity (Wildman–Crippen MR) is 63.7 cm³/mol. The van der Waals surface area contributed by atoms with Crippen LogP contribution in [-0.2, 0) is 0 Å². The first-order valence-corrected chi connectivity index (χ1v) is 5.13. The quantitative estimate of drug-likeness (QED) is 0.875. The number of nitrogens with zero attached hydrogens (tertiary/aromatic N) is 2. The summed E-state index contributed by atoms with van der Waals surface area (Å²) >= 11 is 5.96. The number of halogens is 1. The maximum atomic E-state index is 10.8. The van der Waals surface area contributed by atoms with E-state index in [0.29, 0.717) is 5.02 Å². The van der Waals surface area contributed by atoms with Crippen molar-refractivity contribution in [2.75, 3.05) is 0 Å². The summed E-state index contributed by atoms with van der Waals surface area (Å²) in [4.78, 5) is 10.8. The number of nitrogens with one attached hydrogen (secondary N) is 1. The van der Waals surface area contributed by atoms with Gasteiger partial charge in [0, 0.05) is 5.02 Å². The molecule has 2 N–H and O–H groups in total. The van der Waals surface area contributed by atoms with E-state index in [1.54, 1.807) is 18.2 Å². The molecule has 1 heterocycles. The van der Waals surface area contributed by atoms with E-state index in [4.69, 9.17) is 16.7 Å². The fourth-order valence-corrected chi connectivity index (χ4v) is 1.49. The summed E-state index contributed by atoms with van der Waals surface area (Å²) in [6.45, 7) is 0. The molecule has 2 aromatic rings. The Kier molecular flexibility index (Phi) is 3.20. The Morgan fingerprint density at radius 1 is 1.29 bits per heavy atom. The van der Waals surface area contributed by atoms with E-state index in [1.807, 2.05) is 18.2 Å². The van der Waals surface area contributed by atoms with Crippen molar-refractivity contribution in [2.24, 2.45) is 0 Å². The highest BCUT2D eigenvalue weighted by Crippen LogP contribution is 2.17. The molecule has 0 saturated carbocycles. The monoisotopic (exact) mass is 249 g/mol. The minimum absolute atomic E-state index is 0.117. The van der Waals surface area contributed by atoms with Crippen LogP contribution in [0.3, 0.4) is 0 Å². The number of carbonyl (C=O) groups is 1. The molecule has 0 saturated heterocycles. The second kappa shape index (κ2) is 4.80. The lowest BCUT2D eigenvalue weighted by Crippen LogP contribution is -1.98. The molecule has 0 aliphatic rings. The number of carboxylic acids is 1. The van der Waals surface area contributed by atoms with E-state index in [-0.39, 0.29) is 11.4 Å². The summed E-state index contributed by atoms with van der Waals surface area (Å²) in [6, 6.07) is 7.23. The largest absolute Gasteiger partial charge is 0.476 e. The smallest absolute Gasteiger partial charge is 0.358 e. The molecule has 5 nitrogen and oxygen atoms in total. The molecule has 1 aromatic carbocycles. The summed E-state index contributed by atoms with van der Waals surface area (Å²) in [7, 11) is 0. The number of aromatic nitrogens is 3. The number of rotatable bonds is 3. The number of aromatic carboxylic acids is 1. The maximum absolute atomic E-state index is 10.8. The molecule has 86 valence electrons. The Morgan fingerprint density at radius 3 is 2.76 bits per heavy atom. The lowest BCUT2D eigenvalue weighted by atomic mass is 10.2. The van der Waals surface area contributed by atoms with E-state index in [2.05, 4.69) is 15.4 Å². The van der Waals surface area contributed by atoms with Gasteiger partial charge in [0.25, 0.3) is 0 Å². The second-order valence-corrected chi connectivity index (χ2v) is 3.62. The van der Waals surface area contributed by atoms with Gasteiger partial charge in [-0.25, -0.2) is 4.79 Å². The lowest BCUT2D eigenvalue weighted by Gasteiger charge is -1.95. The van der Waals surface area contributed by atoms with Crippen molar-refractivity contribution >= 4 is 29.7 Å². The van der Waals surface area contributed by atoms with E-state index in [9.17, 15) is 4.79 Å². The molecular weight excluding hydrogens is 242 g/mol. The third-order valence-electron chi connectivity index (χ3n) is 2.10. The van der Waals surface area contributed by atoms with Gasteiger partial charge in [-0.1, -0.05) is 35.9 Å². The van der Waals surface area contributed by atoms with Gasteiger partial charge in [-0.2, -0.15) is 10.3 Å². The third kappa shape index (κ3) is 2.51. The molecule has 1 aromatic heterocycles. The highest BCUT2D eigenvalue weighted by atomic mass is 35.5. The number of benzene rings is 1. The maximum Gasteiger partial charge on any atom is 0.358 e. The molecule has 0 fully saturated rings. The molecule has 17 heavy (non-hydrogen) atoms. The van der Waals surface area contributed by atoms with Crippen LogP contribution in [0.25, 0.3) is 12.2 Å². The molecule has 0 aliphatic carbocycles. The first kappa shape index (κ1) is 11.3. The average molecular weight is 250 g/mol. The van der Waals surface area contributed by atoms with Crippen molar-refractivity contribution in [2.45, 2.75) is 0 Å². The van der Waals surface area contributed by atoms with Gasteiger partial charge in [0.2, 0.25) is 0 Å². The van der Waals surface area contributed by atoms with Gasteiger partial charge in [0.05, 0.1) is 0 Å². The van der Waals surface area contributed by atoms with Gasteiger partial charge < -0.3 is 5.11 Å². The minimum Gasteiger partial charge on any atom is -0.476 e. The van der Waals surface area contributed by atoms with Gasteiger partial charge in [-0.3, -0.25) is 0 Å². The number of H-pyrrole nitrogens is 1. The fourth-order valence-electron chi connectivity index (χ4n) is 1.29. The summed E-state index contributed by atoms with van der Waals surface area (Å²) in [5.41, 5.74) is 0.930. The standard InChI is InChI=1S/C11H8ClN3O2/c12-8-4-2-1-3-7(8)5-6-9-10(11(16)17)14-15-13-9/h1-6H,(H,16,17)(H,13,14,15)/b6-5+. The SMILES string of the molecule is O=C(O)c1n[nH]nc1/C=C/c1ccccc1Cl. The molecule has 0 amide bonds. The number of carboxylic acid groups (broad SMARTS) is 1. The van der Waals surface area contributed by atoms with Gasteiger partial charge in [-0.15, -0.1) is 5.10 Å². The topological polar surface area (TPSA) is 78.9 Å². The predicted octanol–water partition coefficient (Wildman–Crippen LogP) is 2.33. The van der Waals surface area contributed by atoms with Crippen molar-refractivity contribution in [3.05, 3.63) is 46.2 Å². The Hall–Kier alpha value is -2.14. The molecule has 0 radical (unpaired) electrons. The first-order valence-electron chi connectivity index (χ1n) is 4.75. The number of hydrogen-bond donors (Lipinski definition) is 2. The minimum atomic E-state index is -1.13. The molecule has 0 unspecified atom stereocenters. The summed E-state index contributed by atoms with van der Waals surface area (Å²) in [5, 5.41) is 18.9. The zero-order chi connectivity index (χ0) is 12.3. The number of aromatic amines is 1. The van der Waals surface area contributed by atoms with E-state index in [0.717, 1.165) is 5.56 Å². The average Bonchev–Trinajstić information content (AvgIpc) is 2.76.